The predicted molar refractivity (Wildman–Crippen MR) is 132 cm³/mol. The molecule has 2 aliphatic rings. The SMILES string of the molecule is CC(C)CC1CN(C(=O)[C@@H](NC(=O)C(F)(F)F)C(C)(C)C)[C@H](C(=O)N[C@@H](C[C@@H]2CCNC2=O)C(N)=O)[C@H]1C. The summed E-state index contributed by atoms with van der Waals surface area (Å²) in [6.45, 7) is 10.8. The van der Waals surface area contributed by atoms with Crippen molar-refractivity contribution in [2.24, 2.45) is 34.8 Å². The first-order valence-corrected chi connectivity index (χ1v) is 12.9. The first-order chi connectivity index (χ1) is 17.3. The summed E-state index contributed by atoms with van der Waals surface area (Å²) in [6, 6.07) is -3.85. The van der Waals surface area contributed by atoms with Gasteiger partial charge >= 0.3 is 12.1 Å². The first kappa shape index (κ1) is 31.4. The molecule has 6 atom stereocenters. The maximum absolute atomic E-state index is 13.7. The van der Waals surface area contributed by atoms with E-state index < -0.39 is 65.2 Å². The molecule has 0 aromatic carbocycles. The van der Waals surface area contributed by atoms with Crippen molar-refractivity contribution in [3.8, 4) is 0 Å². The van der Waals surface area contributed by atoms with Crippen LogP contribution >= 0.6 is 0 Å². The lowest BCUT2D eigenvalue weighted by Crippen LogP contribution is -2.60. The van der Waals surface area contributed by atoms with Crippen molar-refractivity contribution in [3.05, 3.63) is 0 Å². The monoisotopic (exact) mass is 547 g/mol. The molecule has 2 aliphatic heterocycles. The average molecular weight is 548 g/mol. The van der Waals surface area contributed by atoms with E-state index in [4.69, 9.17) is 5.73 Å². The van der Waals surface area contributed by atoms with E-state index >= 15 is 0 Å². The highest BCUT2D eigenvalue weighted by atomic mass is 19.4. The molecule has 10 nitrogen and oxygen atoms in total. The summed E-state index contributed by atoms with van der Waals surface area (Å²) >= 11 is 0. The predicted octanol–water partition coefficient (Wildman–Crippen LogP) is 1.09. The van der Waals surface area contributed by atoms with Gasteiger partial charge in [0.25, 0.3) is 0 Å². The number of nitrogens with zero attached hydrogens (tertiary/aromatic N) is 1. The Bertz CT molecular complexity index is 933. The molecule has 0 radical (unpaired) electrons. The van der Waals surface area contributed by atoms with Gasteiger partial charge in [0.1, 0.15) is 18.1 Å². The number of primary amides is 1. The van der Waals surface area contributed by atoms with Gasteiger partial charge < -0.3 is 26.6 Å². The molecule has 5 amide bonds. The molecular formula is C25H40F3N5O5. The molecule has 2 heterocycles. The normalized spacial score (nSPS) is 25.6. The van der Waals surface area contributed by atoms with E-state index in [9.17, 15) is 37.1 Å². The van der Waals surface area contributed by atoms with E-state index in [1.165, 1.54) is 25.7 Å². The molecule has 2 rings (SSSR count). The lowest BCUT2D eigenvalue weighted by Gasteiger charge is -2.36. The van der Waals surface area contributed by atoms with Crippen molar-refractivity contribution in [2.45, 2.75) is 85.1 Å². The largest absolute Gasteiger partial charge is 0.471 e. The Morgan fingerprint density at radius 1 is 1.11 bits per heavy atom. The maximum Gasteiger partial charge on any atom is 0.471 e. The quantitative estimate of drug-likeness (QED) is 0.341. The fourth-order valence-electron chi connectivity index (χ4n) is 5.26. The van der Waals surface area contributed by atoms with Crippen LogP contribution in [0.3, 0.4) is 0 Å². The number of halogens is 3. The fourth-order valence-corrected chi connectivity index (χ4v) is 5.26. The number of nitrogens with one attached hydrogen (secondary N) is 3. The summed E-state index contributed by atoms with van der Waals surface area (Å²) in [7, 11) is 0. The summed E-state index contributed by atoms with van der Waals surface area (Å²) < 4.78 is 39.2. The lowest BCUT2D eigenvalue weighted by molar-refractivity contribution is -0.176. The first-order valence-electron chi connectivity index (χ1n) is 12.9. The van der Waals surface area contributed by atoms with Crippen molar-refractivity contribution < 1.29 is 37.1 Å². The topological polar surface area (TPSA) is 151 Å². The molecule has 0 aromatic heterocycles. The van der Waals surface area contributed by atoms with Gasteiger partial charge in [0, 0.05) is 19.0 Å². The summed E-state index contributed by atoms with van der Waals surface area (Å²) in [6.07, 6.45) is -4.08. The van der Waals surface area contributed by atoms with Crippen LogP contribution in [0.2, 0.25) is 0 Å². The van der Waals surface area contributed by atoms with E-state index in [-0.39, 0.29) is 30.7 Å². The number of hydrogen-bond donors (Lipinski definition) is 4. The fraction of sp³-hybridized carbons (Fsp3) is 0.800. The number of carbonyl (C=O) groups is 5. The van der Waals surface area contributed by atoms with Gasteiger partial charge in [-0.25, -0.2) is 0 Å². The number of alkyl halides is 3. The van der Waals surface area contributed by atoms with E-state index in [0.717, 1.165) is 0 Å². The van der Waals surface area contributed by atoms with Crippen LogP contribution in [0.15, 0.2) is 0 Å². The minimum atomic E-state index is -5.19. The van der Waals surface area contributed by atoms with E-state index in [1.807, 2.05) is 19.2 Å². The van der Waals surface area contributed by atoms with Gasteiger partial charge in [-0.1, -0.05) is 41.5 Å². The Morgan fingerprint density at radius 2 is 1.71 bits per heavy atom. The third kappa shape index (κ3) is 7.59. The van der Waals surface area contributed by atoms with Crippen molar-refractivity contribution in [2.75, 3.05) is 13.1 Å². The summed E-state index contributed by atoms with van der Waals surface area (Å²) in [4.78, 5) is 64.4. The van der Waals surface area contributed by atoms with E-state index in [2.05, 4.69) is 10.6 Å². The van der Waals surface area contributed by atoms with E-state index in [1.54, 1.807) is 6.92 Å². The van der Waals surface area contributed by atoms with Crippen molar-refractivity contribution in [1.29, 1.82) is 0 Å². The van der Waals surface area contributed by atoms with Crippen molar-refractivity contribution in [3.63, 3.8) is 0 Å². The second-order valence-electron chi connectivity index (χ2n) is 11.9. The molecule has 13 heteroatoms. The molecule has 38 heavy (non-hydrogen) atoms. The molecule has 0 bridgehead atoms. The third-order valence-electron chi connectivity index (χ3n) is 7.32. The van der Waals surface area contributed by atoms with Crippen LogP contribution < -0.4 is 21.7 Å². The van der Waals surface area contributed by atoms with Gasteiger partial charge in [-0.05, 0) is 42.4 Å². The number of likely N-dealkylation sites (tertiary alicyclic amines) is 1. The number of carbonyl (C=O) groups excluding carboxylic acids is 5. The molecule has 0 saturated carbocycles. The zero-order chi connectivity index (χ0) is 29.2. The van der Waals surface area contributed by atoms with Gasteiger partial charge in [0.15, 0.2) is 0 Å². The molecular weight excluding hydrogens is 507 g/mol. The van der Waals surface area contributed by atoms with E-state index in [0.29, 0.717) is 19.4 Å². The molecule has 1 unspecified atom stereocenters. The van der Waals surface area contributed by atoms with Crippen LogP contribution in [0, 0.1) is 29.1 Å². The minimum Gasteiger partial charge on any atom is -0.368 e. The van der Waals surface area contributed by atoms with Crippen LogP contribution in [-0.4, -0.2) is 71.8 Å². The zero-order valence-corrected chi connectivity index (χ0v) is 22.8. The number of amides is 5. The molecule has 2 fully saturated rings. The van der Waals surface area contributed by atoms with Crippen LogP contribution in [0.25, 0.3) is 0 Å². The number of hydrogen-bond acceptors (Lipinski definition) is 5. The second kappa shape index (κ2) is 11.9. The van der Waals surface area contributed by atoms with Crippen LogP contribution in [-0.2, 0) is 24.0 Å². The molecule has 0 spiro atoms. The molecule has 0 aromatic rings. The van der Waals surface area contributed by atoms with Gasteiger partial charge in [0.05, 0.1) is 0 Å². The van der Waals surface area contributed by atoms with Gasteiger partial charge in [-0.2, -0.15) is 13.2 Å². The number of nitrogens with two attached hydrogens (primary N) is 1. The van der Waals surface area contributed by atoms with Crippen LogP contribution in [0.4, 0.5) is 13.2 Å². The third-order valence-corrected chi connectivity index (χ3v) is 7.32. The average Bonchev–Trinajstić information content (AvgIpc) is 3.31. The Labute approximate surface area is 221 Å². The summed E-state index contributed by atoms with van der Waals surface area (Å²) in [5.41, 5.74) is 4.40. The van der Waals surface area contributed by atoms with Crippen molar-refractivity contribution in [1.82, 2.24) is 20.9 Å². The summed E-state index contributed by atoms with van der Waals surface area (Å²) in [5.74, 6) is -5.70. The number of rotatable bonds is 9. The highest BCUT2D eigenvalue weighted by Gasteiger charge is 2.51. The van der Waals surface area contributed by atoms with Crippen molar-refractivity contribution >= 4 is 29.5 Å². The maximum atomic E-state index is 13.7. The van der Waals surface area contributed by atoms with Crippen LogP contribution in [0.1, 0.15) is 60.8 Å². The standard InChI is InChI=1S/C25H40F3N5O5/c1-12(2)9-15-11-33(22(37)18(24(4,5)6)32-23(38)25(26,27)28)17(13(15)3)21(36)31-16(19(29)34)10-14-7-8-30-20(14)35/h12-18H,7-11H2,1-6H3,(H2,29,34)(H,30,35)(H,31,36)(H,32,38)/t13-,14-,15?,16-,17-,18+/m0/s1. The Balaban J connectivity index is 2.37. The molecule has 5 N–H and O–H groups in total. The minimum absolute atomic E-state index is 0.0103. The van der Waals surface area contributed by atoms with Gasteiger partial charge in [-0.15, -0.1) is 0 Å². The molecule has 216 valence electrons. The molecule has 0 aliphatic carbocycles. The summed E-state index contributed by atoms with van der Waals surface area (Å²) in [5, 5.41) is 7.05. The molecule has 2 saturated heterocycles. The Hall–Kier alpha value is -2.86. The van der Waals surface area contributed by atoms with Gasteiger partial charge in [-0.3, -0.25) is 24.0 Å². The van der Waals surface area contributed by atoms with Crippen LogP contribution in [0.5, 0.6) is 0 Å². The Morgan fingerprint density at radius 3 is 2.16 bits per heavy atom. The highest BCUT2D eigenvalue weighted by Crippen LogP contribution is 2.36. The van der Waals surface area contributed by atoms with Gasteiger partial charge in [0.2, 0.25) is 23.6 Å². The highest BCUT2D eigenvalue weighted by molar-refractivity contribution is 5.95. The smallest absolute Gasteiger partial charge is 0.368 e. The Kier molecular flexibility index (Phi) is 9.82. The second-order valence-corrected chi connectivity index (χ2v) is 11.9. The lowest BCUT2D eigenvalue weighted by atomic mass is 9.85. The zero-order valence-electron chi connectivity index (χ0n) is 22.8.